The molecule has 0 spiro atoms. The van der Waals surface area contributed by atoms with Gasteiger partial charge in [-0.2, -0.15) is 0 Å². The maximum atomic E-state index is 11.9. The molecule has 0 radical (unpaired) electrons. The lowest BCUT2D eigenvalue weighted by Gasteiger charge is -2.19. The Bertz CT molecular complexity index is 441. The van der Waals surface area contributed by atoms with E-state index in [2.05, 4.69) is 10.6 Å². The molecule has 3 N–H and O–H groups in total. The van der Waals surface area contributed by atoms with Gasteiger partial charge in [0.1, 0.15) is 0 Å². The Labute approximate surface area is 113 Å². The Morgan fingerprint density at radius 1 is 1.21 bits per heavy atom. The molecule has 0 fully saturated rings. The van der Waals surface area contributed by atoms with Gasteiger partial charge in [0.25, 0.3) is 5.91 Å². The van der Waals surface area contributed by atoms with E-state index in [1.54, 1.807) is 24.3 Å². The third kappa shape index (κ3) is 4.71. The summed E-state index contributed by atoms with van der Waals surface area (Å²) in [7, 11) is 0. The topological polar surface area (TPSA) is 78.4 Å². The molecule has 0 aliphatic carbocycles. The van der Waals surface area contributed by atoms with Crippen LogP contribution in [0.25, 0.3) is 0 Å². The Morgan fingerprint density at radius 3 is 2.21 bits per heavy atom. The SMILES string of the molecule is CC(=O)Nc1ccc(C(=O)N[C@H](CO)C(C)C)cc1. The van der Waals surface area contributed by atoms with Gasteiger partial charge in [-0.15, -0.1) is 0 Å². The lowest BCUT2D eigenvalue weighted by atomic mass is 10.0. The van der Waals surface area contributed by atoms with Crippen LogP contribution in [-0.4, -0.2) is 29.6 Å². The van der Waals surface area contributed by atoms with E-state index < -0.39 is 0 Å². The summed E-state index contributed by atoms with van der Waals surface area (Å²) >= 11 is 0. The second kappa shape index (κ2) is 6.89. The molecule has 1 aromatic carbocycles. The predicted molar refractivity (Wildman–Crippen MR) is 73.9 cm³/mol. The van der Waals surface area contributed by atoms with Gasteiger partial charge in [0.15, 0.2) is 0 Å². The molecule has 1 aromatic rings. The van der Waals surface area contributed by atoms with E-state index in [0.29, 0.717) is 11.3 Å². The van der Waals surface area contributed by atoms with Gasteiger partial charge in [0.05, 0.1) is 12.6 Å². The smallest absolute Gasteiger partial charge is 0.251 e. The molecule has 0 unspecified atom stereocenters. The number of rotatable bonds is 5. The van der Waals surface area contributed by atoms with E-state index >= 15 is 0 Å². The van der Waals surface area contributed by atoms with Gasteiger partial charge in [0.2, 0.25) is 5.91 Å². The van der Waals surface area contributed by atoms with Crippen molar-refractivity contribution in [3.63, 3.8) is 0 Å². The van der Waals surface area contributed by atoms with Gasteiger partial charge in [-0.3, -0.25) is 9.59 Å². The lowest BCUT2D eigenvalue weighted by molar-refractivity contribution is -0.114. The summed E-state index contributed by atoms with van der Waals surface area (Å²) in [5, 5.41) is 14.6. The van der Waals surface area contributed by atoms with E-state index in [1.165, 1.54) is 6.92 Å². The standard InChI is InChI=1S/C14H20N2O3/c1-9(2)13(8-17)16-14(19)11-4-6-12(7-5-11)15-10(3)18/h4-7,9,13,17H,8H2,1-3H3,(H,15,18)(H,16,19)/t13-/m1/s1. The van der Waals surface area contributed by atoms with Crippen LogP contribution in [0, 0.1) is 5.92 Å². The molecular formula is C14H20N2O3. The van der Waals surface area contributed by atoms with Crippen molar-refractivity contribution in [3.05, 3.63) is 29.8 Å². The molecule has 0 saturated heterocycles. The number of anilines is 1. The molecule has 0 aromatic heterocycles. The fourth-order valence-electron chi connectivity index (χ4n) is 1.58. The van der Waals surface area contributed by atoms with Gasteiger partial charge in [0, 0.05) is 18.2 Å². The largest absolute Gasteiger partial charge is 0.394 e. The predicted octanol–water partition coefficient (Wildman–Crippen LogP) is 1.39. The molecule has 104 valence electrons. The number of nitrogens with one attached hydrogen (secondary N) is 2. The first kappa shape index (κ1) is 15.2. The van der Waals surface area contributed by atoms with E-state index in [9.17, 15) is 14.7 Å². The fourth-order valence-corrected chi connectivity index (χ4v) is 1.58. The highest BCUT2D eigenvalue weighted by Gasteiger charge is 2.15. The fraction of sp³-hybridized carbons (Fsp3) is 0.429. The van der Waals surface area contributed by atoms with Gasteiger partial charge < -0.3 is 15.7 Å². The van der Waals surface area contributed by atoms with E-state index in [0.717, 1.165) is 0 Å². The number of hydrogen-bond acceptors (Lipinski definition) is 3. The van der Waals surface area contributed by atoms with Crippen LogP contribution in [0.1, 0.15) is 31.1 Å². The number of aliphatic hydroxyl groups excluding tert-OH is 1. The van der Waals surface area contributed by atoms with Crippen molar-refractivity contribution in [2.45, 2.75) is 26.8 Å². The number of benzene rings is 1. The van der Waals surface area contributed by atoms with Crippen LogP contribution in [0.5, 0.6) is 0 Å². The van der Waals surface area contributed by atoms with Crippen LogP contribution in [0.3, 0.4) is 0 Å². The first-order chi connectivity index (χ1) is 8.93. The quantitative estimate of drug-likeness (QED) is 0.752. The molecule has 1 atom stereocenters. The molecule has 0 aliphatic heterocycles. The van der Waals surface area contributed by atoms with Gasteiger partial charge in [-0.05, 0) is 30.2 Å². The zero-order valence-corrected chi connectivity index (χ0v) is 11.4. The Balaban J connectivity index is 2.69. The zero-order valence-electron chi connectivity index (χ0n) is 11.4. The highest BCUT2D eigenvalue weighted by Crippen LogP contribution is 2.10. The van der Waals surface area contributed by atoms with E-state index in [1.807, 2.05) is 13.8 Å². The highest BCUT2D eigenvalue weighted by molar-refractivity contribution is 5.95. The van der Waals surface area contributed by atoms with Crippen LogP contribution in [0.4, 0.5) is 5.69 Å². The summed E-state index contributed by atoms with van der Waals surface area (Å²) in [4.78, 5) is 22.8. The third-order valence-corrected chi connectivity index (χ3v) is 2.79. The Hall–Kier alpha value is -1.88. The van der Waals surface area contributed by atoms with Gasteiger partial charge in [-0.25, -0.2) is 0 Å². The lowest BCUT2D eigenvalue weighted by Crippen LogP contribution is -2.41. The Morgan fingerprint density at radius 2 is 1.79 bits per heavy atom. The normalized spacial score (nSPS) is 12.1. The van der Waals surface area contributed by atoms with Crippen molar-refractivity contribution in [3.8, 4) is 0 Å². The van der Waals surface area contributed by atoms with Gasteiger partial charge in [-0.1, -0.05) is 13.8 Å². The van der Waals surface area contributed by atoms with Crippen LogP contribution >= 0.6 is 0 Å². The number of aliphatic hydroxyl groups is 1. The molecule has 1 rings (SSSR count). The van der Waals surface area contributed by atoms with Crippen molar-refractivity contribution in [1.29, 1.82) is 0 Å². The minimum atomic E-state index is -0.262. The average molecular weight is 264 g/mol. The second-order valence-electron chi connectivity index (χ2n) is 4.77. The van der Waals surface area contributed by atoms with E-state index in [4.69, 9.17) is 0 Å². The van der Waals surface area contributed by atoms with E-state index in [-0.39, 0.29) is 30.4 Å². The van der Waals surface area contributed by atoms with Crippen molar-refractivity contribution in [1.82, 2.24) is 5.32 Å². The van der Waals surface area contributed by atoms with Crippen LogP contribution in [-0.2, 0) is 4.79 Å². The van der Waals surface area contributed by atoms with Gasteiger partial charge >= 0.3 is 0 Å². The molecule has 0 aliphatic rings. The molecule has 5 heteroatoms. The molecule has 0 bridgehead atoms. The summed E-state index contributed by atoms with van der Waals surface area (Å²) in [6.45, 7) is 5.20. The molecule has 0 saturated carbocycles. The monoisotopic (exact) mass is 264 g/mol. The molecule has 2 amide bonds. The molecule has 5 nitrogen and oxygen atoms in total. The minimum absolute atomic E-state index is 0.0899. The summed E-state index contributed by atoms with van der Waals surface area (Å²) in [5.41, 5.74) is 1.14. The number of hydrogen-bond donors (Lipinski definition) is 3. The minimum Gasteiger partial charge on any atom is -0.394 e. The van der Waals surface area contributed by atoms with Crippen LogP contribution in [0.2, 0.25) is 0 Å². The van der Waals surface area contributed by atoms with Crippen molar-refractivity contribution < 1.29 is 14.7 Å². The first-order valence-corrected chi connectivity index (χ1v) is 6.23. The second-order valence-corrected chi connectivity index (χ2v) is 4.77. The maximum Gasteiger partial charge on any atom is 0.251 e. The summed E-state index contributed by atoms with van der Waals surface area (Å²) < 4.78 is 0. The summed E-state index contributed by atoms with van der Waals surface area (Å²) in [6, 6.07) is 6.34. The first-order valence-electron chi connectivity index (χ1n) is 6.23. The van der Waals surface area contributed by atoms with Crippen molar-refractivity contribution in [2.75, 3.05) is 11.9 Å². The molecule has 19 heavy (non-hydrogen) atoms. The van der Waals surface area contributed by atoms with Crippen LogP contribution in [0.15, 0.2) is 24.3 Å². The average Bonchev–Trinajstić information content (AvgIpc) is 2.35. The third-order valence-electron chi connectivity index (χ3n) is 2.79. The number of carbonyl (C=O) groups is 2. The zero-order chi connectivity index (χ0) is 14.4. The Kier molecular flexibility index (Phi) is 5.51. The number of amides is 2. The highest BCUT2D eigenvalue weighted by atomic mass is 16.3. The maximum absolute atomic E-state index is 11.9. The van der Waals surface area contributed by atoms with Crippen molar-refractivity contribution in [2.24, 2.45) is 5.92 Å². The van der Waals surface area contributed by atoms with Crippen molar-refractivity contribution >= 4 is 17.5 Å². The summed E-state index contributed by atoms with van der Waals surface area (Å²) in [5.74, 6) is -0.230. The van der Waals surface area contributed by atoms with Crippen LogP contribution < -0.4 is 10.6 Å². The summed E-state index contributed by atoms with van der Waals surface area (Å²) in [6.07, 6.45) is 0. The molecular weight excluding hydrogens is 244 g/mol. The molecule has 0 heterocycles. The number of carbonyl (C=O) groups excluding carboxylic acids is 2.